The van der Waals surface area contributed by atoms with Gasteiger partial charge in [0.25, 0.3) is 0 Å². The van der Waals surface area contributed by atoms with Crippen LogP contribution in [0.5, 0.6) is 0 Å². The van der Waals surface area contributed by atoms with Crippen molar-refractivity contribution in [3.8, 4) is 0 Å². The third-order valence-corrected chi connectivity index (χ3v) is 4.42. The molecule has 0 unspecified atom stereocenters. The Bertz CT molecular complexity index is 825. The average Bonchev–Trinajstić information content (AvgIpc) is 2.73. The fraction of sp³-hybridized carbons (Fsp3) is 0.261. The Labute approximate surface area is 166 Å². The zero-order valence-electron chi connectivity index (χ0n) is 16.3. The molecule has 1 amide bonds. The number of benzene rings is 2. The number of amides is 1. The van der Waals surface area contributed by atoms with Crippen LogP contribution in [0.2, 0.25) is 0 Å². The van der Waals surface area contributed by atoms with Crippen LogP contribution in [0.1, 0.15) is 37.3 Å². The summed E-state index contributed by atoms with van der Waals surface area (Å²) in [6, 6.07) is 23.8. The van der Waals surface area contributed by atoms with Gasteiger partial charge in [-0.3, -0.25) is 4.79 Å². The summed E-state index contributed by atoms with van der Waals surface area (Å²) in [5, 5.41) is 14.3. The van der Waals surface area contributed by atoms with Crippen LogP contribution in [0.15, 0.2) is 72.8 Å². The van der Waals surface area contributed by atoms with E-state index < -0.39 is 0 Å². The molecule has 0 aliphatic rings. The van der Waals surface area contributed by atoms with Gasteiger partial charge in [-0.2, -0.15) is 0 Å². The van der Waals surface area contributed by atoms with Gasteiger partial charge in [-0.25, -0.2) is 0 Å². The number of anilines is 2. The lowest BCUT2D eigenvalue weighted by molar-refractivity contribution is -0.116. The predicted octanol–water partition coefficient (Wildman–Crippen LogP) is 4.71. The van der Waals surface area contributed by atoms with Gasteiger partial charge in [0.05, 0.1) is 0 Å². The summed E-state index contributed by atoms with van der Waals surface area (Å²) in [5.74, 6) is 1.59. The second-order valence-corrected chi connectivity index (χ2v) is 7.20. The average molecular weight is 374 g/mol. The van der Waals surface area contributed by atoms with E-state index in [9.17, 15) is 4.79 Å². The second-order valence-electron chi connectivity index (χ2n) is 7.20. The highest BCUT2D eigenvalue weighted by atomic mass is 16.1. The lowest BCUT2D eigenvalue weighted by atomic mass is 9.88. The largest absolute Gasteiger partial charge is 0.368 e. The number of carbonyl (C=O) groups excluding carboxylic acids is 1. The van der Waals surface area contributed by atoms with Gasteiger partial charge in [0.2, 0.25) is 5.91 Å². The molecule has 0 aliphatic heterocycles. The molecule has 28 heavy (non-hydrogen) atoms. The Balaban J connectivity index is 1.67. The van der Waals surface area contributed by atoms with Gasteiger partial charge < -0.3 is 10.6 Å². The van der Waals surface area contributed by atoms with Crippen molar-refractivity contribution < 1.29 is 4.79 Å². The first-order chi connectivity index (χ1) is 13.6. The van der Waals surface area contributed by atoms with E-state index in [2.05, 4.69) is 58.9 Å². The summed E-state index contributed by atoms with van der Waals surface area (Å²) in [6.45, 7) is 5.09. The first-order valence-electron chi connectivity index (χ1n) is 9.59. The highest BCUT2D eigenvalue weighted by molar-refractivity contribution is 5.90. The third-order valence-electron chi connectivity index (χ3n) is 4.42. The van der Waals surface area contributed by atoms with Crippen molar-refractivity contribution in [3.63, 3.8) is 0 Å². The van der Waals surface area contributed by atoms with Gasteiger partial charge in [0.15, 0.2) is 5.82 Å². The Morgan fingerprint density at radius 3 is 1.86 bits per heavy atom. The number of hydrogen-bond acceptors (Lipinski definition) is 4. The highest BCUT2D eigenvalue weighted by Crippen LogP contribution is 2.28. The van der Waals surface area contributed by atoms with E-state index in [0.29, 0.717) is 24.0 Å². The number of rotatable bonds is 8. The third kappa shape index (κ3) is 5.64. The molecule has 3 rings (SSSR count). The van der Waals surface area contributed by atoms with Crippen molar-refractivity contribution in [3.05, 3.63) is 83.9 Å². The summed E-state index contributed by atoms with van der Waals surface area (Å²) >= 11 is 0. The molecule has 3 aromatic rings. The van der Waals surface area contributed by atoms with E-state index in [-0.39, 0.29) is 11.8 Å². The van der Waals surface area contributed by atoms with E-state index in [1.807, 2.05) is 42.5 Å². The molecule has 0 atom stereocenters. The number of nitrogens with zero attached hydrogens (tertiary/aromatic N) is 2. The van der Waals surface area contributed by atoms with E-state index in [0.717, 1.165) is 17.7 Å². The Hall–Kier alpha value is -3.21. The monoisotopic (exact) mass is 374 g/mol. The molecule has 144 valence electrons. The van der Waals surface area contributed by atoms with Crippen molar-refractivity contribution in [2.75, 3.05) is 17.2 Å². The van der Waals surface area contributed by atoms with Crippen LogP contribution < -0.4 is 10.6 Å². The molecule has 0 spiro atoms. The van der Waals surface area contributed by atoms with E-state index in [1.54, 1.807) is 6.07 Å². The highest BCUT2D eigenvalue weighted by Gasteiger charge is 2.18. The van der Waals surface area contributed by atoms with Crippen molar-refractivity contribution in [1.29, 1.82) is 0 Å². The molecule has 5 nitrogen and oxygen atoms in total. The fourth-order valence-corrected chi connectivity index (χ4v) is 2.98. The first kappa shape index (κ1) is 19.5. The van der Waals surface area contributed by atoms with Gasteiger partial charge in [0, 0.05) is 18.9 Å². The van der Waals surface area contributed by atoms with Crippen LogP contribution >= 0.6 is 0 Å². The Morgan fingerprint density at radius 2 is 1.36 bits per heavy atom. The number of nitrogens with one attached hydrogen (secondary N) is 2. The van der Waals surface area contributed by atoms with Gasteiger partial charge in [0.1, 0.15) is 5.82 Å². The summed E-state index contributed by atoms with van der Waals surface area (Å²) in [5.41, 5.74) is 2.23. The quantitative estimate of drug-likeness (QED) is 0.599. The molecule has 2 N–H and O–H groups in total. The zero-order valence-corrected chi connectivity index (χ0v) is 16.3. The molecule has 1 aromatic heterocycles. The molecule has 0 saturated carbocycles. The van der Waals surface area contributed by atoms with Crippen molar-refractivity contribution in [1.82, 2.24) is 10.2 Å². The zero-order chi connectivity index (χ0) is 19.8. The first-order valence-corrected chi connectivity index (χ1v) is 9.59. The van der Waals surface area contributed by atoms with Crippen LogP contribution in [0.4, 0.5) is 11.6 Å². The predicted molar refractivity (Wildman–Crippen MR) is 113 cm³/mol. The normalized spacial score (nSPS) is 10.9. The smallest absolute Gasteiger partial charge is 0.226 e. The van der Waals surface area contributed by atoms with Gasteiger partial charge in [-0.05, 0) is 29.2 Å². The van der Waals surface area contributed by atoms with Crippen molar-refractivity contribution >= 4 is 17.5 Å². The van der Waals surface area contributed by atoms with E-state index in [1.165, 1.54) is 0 Å². The maximum absolute atomic E-state index is 12.7. The molecule has 0 aliphatic carbocycles. The lowest BCUT2D eigenvalue weighted by Gasteiger charge is -2.17. The standard InChI is InChI=1S/C23H26N4O/c1-17(2)16-24-21-13-14-22(27-26-21)25-23(28)15-20(18-9-5-3-6-10-18)19-11-7-4-8-12-19/h3-14,17,20H,15-16H2,1-2H3,(H,24,26)(H,25,27,28). The van der Waals surface area contributed by atoms with Gasteiger partial charge in [-0.1, -0.05) is 74.5 Å². The molecule has 0 radical (unpaired) electrons. The summed E-state index contributed by atoms with van der Waals surface area (Å²) < 4.78 is 0. The molecular formula is C23H26N4O. The summed E-state index contributed by atoms with van der Waals surface area (Å²) in [6.07, 6.45) is 0.336. The maximum Gasteiger partial charge on any atom is 0.226 e. The molecule has 0 fully saturated rings. The number of carbonyl (C=O) groups is 1. The van der Waals surface area contributed by atoms with Gasteiger partial charge >= 0.3 is 0 Å². The van der Waals surface area contributed by atoms with Crippen LogP contribution in [0.3, 0.4) is 0 Å². The minimum Gasteiger partial charge on any atom is -0.368 e. The number of hydrogen-bond donors (Lipinski definition) is 2. The molecule has 1 heterocycles. The minimum absolute atomic E-state index is 0.0117. The number of aromatic nitrogens is 2. The molecule has 5 heteroatoms. The molecule has 2 aromatic carbocycles. The topological polar surface area (TPSA) is 66.9 Å². The molecule has 0 bridgehead atoms. The van der Waals surface area contributed by atoms with E-state index >= 15 is 0 Å². The Morgan fingerprint density at radius 1 is 0.821 bits per heavy atom. The second kappa shape index (κ2) is 9.65. The van der Waals surface area contributed by atoms with Crippen LogP contribution in [-0.4, -0.2) is 22.6 Å². The van der Waals surface area contributed by atoms with Crippen molar-refractivity contribution in [2.45, 2.75) is 26.2 Å². The minimum atomic E-state index is -0.0881. The summed E-state index contributed by atoms with van der Waals surface area (Å²) in [4.78, 5) is 12.7. The molecular weight excluding hydrogens is 348 g/mol. The van der Waals surface area contributed by atoms with Crippen LogP contribution in [0.25, 0.3) is 0 Å². The molecule has 0 saturated heterocycles. The lowest BCUT2D eigenvalue weighted by Crippen LogP contribution is -2.18. The van der Waals surface area contributed by atoms with Gasteiger partial charge in [-0.15, -0.1) is 10.2 Å². The fourth-order valence-electron chi connectivity index (χ4n) is 2.98. The SMILES string of the molecule is CC(C)CNc1ccc(NC(=O)CC(c2ccccc2)c2ccccc2)nn1. The summed E-state index contributed by atoms with van der Waals surface area (Å²) in [7, 11) is 0. The maximum atomic E-state index is 12.7. The van der Waals surface area contributed by atoms with E-state index in [4.69, 9.17) is 0 Å². The van der Waals surface area contributed by atoms with Crippen molar-refractivity contribution in [2.24, 2.45) is 5.92 Å². The van der Waals surface area contributed by atoms with Crippen LogP contribution in [-0.2, 0) is 4.79 Å². The Kier molecular flexibility index (Phi) is 6.73. The van der Waals surface area contributed by atoms with Crippen LogP contribution in [0, 0.1) is 5.92 Å².